The second kappa shape index (κ2) is 11.7. The Morgan fingerprint density at radius 3 is 2.46 bits per heavy atom. The molecule has 0 bridgehead atoms. The Hall–Kier alpha value is -3.58. The molecule has 2 aromatic heterocycles. The van der Waals surface area contributed by atoms with Crippen LogP contribution in [0.4, 0.5) is 5.69 Å². The van der Waals surface area contributed by atoms with Crippen LogP contribution in [0, 0.1) is 11.8 Å². The highest BCUT2D eigenvalue weighted by molar-refractivity contribution is 6.12. The van der Waals surface area contributed by atoms with Crippen LogP contribution in [-0.2, 0) is 22.7 Å². The fourth-order valence-corrected chi connectivity index (χ4v) is 5.73. The average molecular weight is 531 g/mol. The fourth-order valence-electron chi connectivity index (χ4n) is 5.73. The van der Waals surface area contributed by atoms with Crippen LogP contribution >= 0.6 is 0 Å². The molecule has 1 N–H and O–H groups in total. The summed E-state index contributed by atoms with van der Waals surface area (Å²) in [4.78, 5) is 27.8. The fraction of sp³-hybridized carbons (Fsp3) is 0.438. The zero-order valence-electron chi connectivity index (χ0n) is 23.1. The van der Waals surface area contributed by atoms with Crippen LogP contribution in [0.1, 0.15) is 68.8 Å². The number of carbonyl (C=O) groups excluding carboxylic acids is 1. The van der Waals surface area contributed by atoms with E-state index >= 15 is 0 Å². The van der Waals surface area contributed by atoms with Gasteiger partial charge in [0.15, 0.2) is 0 Å². The predicted octanol–water partition coefficient (Wildman–Crippen LogP) is 7.26. The van der Waals surface area contributed by atoms with E-state index in [0.717, 1.165) is 55.0 Å². The highest BCUT2D eigenvalue weighted by atomic mass is 16.5. The van der Waals surface area contributed by atoms with Crippen molar-refractivity contribution < 1.29 is 23.8 Å². The molecular formula is C32H38N2O5. The van der Waals surface area contributed by atoms with Gasteiger partial charge < -0.3 is 23.7 Å². The number of benzene rings is 2. The minimum atomic E-state index is -1.07. The van der Waals surface area contributed by atoms with E-state index in [1.54, 1.807) is 11.0 Å². The van der Waals surface area contributed by atoms with Crippen molar-refractivity contribution >= 4 is 39.5 Å². The molecule has 7 heteroatoms. The molecular weight excluding hydrogens is 492 g/mol. The molecule has 7 nitrogen and oxygen atoms in total. The number of nitrogens with zero attached hydrogens (tertiary/aromatic N) is 2. The second-order valence-corrected chi connectivity index (χ2v) is 11.2. The molecule has 0 radical (unpaired) electrons. The molecule has 0 aliphatic heterocycles. The summed E-state index contributed by atoms with van der Waals surface area (Å²) in [5.74, 6) is -0.511. The van der Waals surface area contributed by atoms with Crippen LogP contribution < -0.4 is 4.90 Å². The van der Waals surface area contributed by atoms with E-state index in [2.05, 4.69) is 11.5 Å². The summed E-state index contributed by atoms with van der Waals surface area (Å²) in [6, 6.07) is 13.2. The van der Waals surface area contributed by atoms with Gasteiger partial charge in [-0.15, -0.1) is 0 Å². The van der Waals surface area contributed by atoms with Gasteiger partial charge in [0, 0.05) is 48.3 Å². The molecule has 0 spiro atoms. The zero-order chi connectivity index (χ0) is 27.5. The summed E-state index contributed by atoms with van der Waals surface area (Å²) in [5, 5.41) is 11.8. The number of fused-ring (bicyclic) bond motifs is 3. The van der Waals surface area contributed by atoms with Crippen molar-refractivity contribution in [2.24, 2.45) is 11.8 Å². The van der Waals surface area contributed by atoms with Crippen LogP contribution in [0.3, 0.4) is 0 Å². The Balaban J connectivity index is 1.43. The van der Waals surface area contributed by atoms with Crippen molar-refractivity contribution in [1.82, 2.24) is 4.57 Å². The van der Waals surface area contributed by atoms with E-state index in [-0.39, 0.29) is 23.4 Å². The molecule has 206 valence electrons. The Bertz CT molecular complexity index is 1440. The SMILES string of the molecule is CC1CCC(C(=O)N(c2cc3c(cc2C(=O)O)oc2ccc(COCCCn4cccc4)cc23)C(C)C)CC1. The molecule has 0 saturated heterocycles. The first kappa shape index (κ1) is 27.0. The van der Waals surface area contributed by atoms with Crippen molar-refractivity contribution in [2.75, 3.05) is 11.5 Å². The Kier molecular flexibility index (Phi) is 8.07. The van der Waals surface area contributed by atoms with Crippen molar-refractivity contribution in [3.8, 4) is 0 Å². The Morgan fingerprint density at radius 1 is 1.05 bits per heavy atom. The minimum absolute atomic E-state index is 0.0144. The third kappa shape index (κ3) is 5.88. The summed E-state index contributed by atoms with van der Waals surface area (Å²) >= 11 is 0. The van der Waals surface area contributed by atoms with Gasteiger partial charge in [-0.1, -0.05) is 13.0 Å². The Labute approximate surface area is 229 Å². The van der Waals surface area contributed by atoms with Crippen molar-refractivity contribution in [2.45, 2.75) is 72.1 Å². The lowest BCUT2D eigenvalue weighted by molar-refractivity contribution is -0.123. The van der Waals surface area contributed by atoms with Gasteiger partial charge in [0.25, 0.3) is 0 Å². The number of carboxylic acids is 1. The van der Waals surface area contributed by atoms with Crippen molar-refractivity contribution in [3.05, 3.63) is 66.0 Å². The monoisotopic (exact) mass is 530 g/mol. The summed E-state index contributed by atoms with van der Waals surface area (Å²) in [7, 11) is 0. The molecule has 0 atom stereocenters. The molecule has 1 saturated carbocycles. The standard InChI is InChI=1S/C32H38N2O5/c1-21(2)34(31(35)24-10-7-22(3)8-11-24)28-18-26-25-17-23(20-38-16-6-15-33-13-4-5-14-33)9-12-29(25)39-30(26)19-27(28)32(36)37/h4-5,9,12-14,17-19,21-22,24H,6-8,10-11,15-16,20H2,1-3H3,(H,36,37). The van der Waals surface area contributed by atoms with E-state index in [9.17, 15) is 14.7 Å². The number of aromatic nitrogens is 1. The summed E-state index contributed by atoms with van der Waals surface area (Å²) in [6.45, 7) is 8.16. The van der Waals surface area contributed by atoms with Gasteiger partial charge in [0.2, 0.25) is 5.91 Å². The number of anilines is 1. The normalized spacial score (nSPS) is 17.7. The van der Waals surface area contributed by atoms with E-state index in [0.29, 0.717) is 36.0 Å². The van der Waals surface area contributed by atoms with Crippen LogP contribution in [-0.4, -0.2) is 34.2 Å². The first-order valence-corrected chi connectivity index (χ1v) is 14.1. The number of hydrogen-bond acceptors (Lipinski definition) is 4. The van der Waals surface area contributed by atoms with E-state index in [1.165, 1.54) is 0 Å². The van der Waals surface area contributed by atoms with Gasteiger partial charge >= 0.3 is 5.97 Å². The van der Waals surface area contributed by atoms with Crippen LogP contribution in [0.2, 0.25) is 0 Å². The highest BCUT2D eigenvalue weighted by Gasteiger charge is 2.33. The predicted molar refractivity (Wildman–Crippen MR) is 153 cm³/mol. The quantitative estimate of drug-likeness (QED) is 0.218. The number of aryl methyl sites for hydroxylation is 1. The number of carboxylic acid groups (broad SMARTS) is 1. The van der Waals surface area contributed by atoms with E-state index in [4.69, 9.17) is 9.15 Å². The van der Waals surface area contributed by atoms with Crippen LogP contribution in [0.15, 0.2) is 59.3 Å². The number of amides is 1. The topological polar surface area (TPSA) is 84.9 Å². The molecule has 4 aromatic rings. The average Bonchev–Trinajstić information content (AvgIpc) is 3.55. The lowest BCUT2D eigenvalue weighted by Crippen LogP contribution is -2.42. The van der Waals surface area contributed by atoms with Crippen LogP contribution in [0.5, 0.6) is 0 Å². The van der Waals surface area contributed by atoms with Crippen LogP contribution in [0.25, 0.3) is 21.9 Å². The minimum Gasteiger partial charge on any atom is -0.478 e. The largest absolute Gasteiger partial charge is 0.478 e. The number of carbonyl (C=O) groups is 2. The summed E-state index contributed by atoms with van der Waals surface area (Å²) < 4.78 is 14.1. The lowest BCUT2D eigenvalue weighted by atomic mass is 9.82. The zero-order valence-corrected chi connectivity index (χ0v) is 23.1. The van der Waals surface area contributed by atoms with Crippen molar-refractivity contribution in [1.29, 1.82) is 0 Å². The molecule has 2 heterocycles. The number of ether oxygens (including phenoxy) is 1. The van der Waals surface area contributed by atoms with Gasteiger partial charge in [-0.3, -0.25) is 4.79 Å². The first-order valence-electron chi connectivity index (χ1n) is 14.1. The van der Waals surface area contributed by atoms with Gasteiger partial charge in [0.1, 0.15) is 11.2 Å². The molecule has 1 aliphatic carbocycles. The molecule has 1 fully saturated rings. The molecule has 39 heavy (non-hydrogen) atoms. The third-order valence-electron chi connectivity index (χ3n) is 7.90. The number of furan rings is 1. The number of aromatic carboxylic acids is 1. The van der Waals surface area contributed by atoms with Crippen molar-refractivity contribution in [3.63, 3.8) is 0 Å². The maximum Gasteiger partial charge on any atom is 0.337 e. The second-order valence-electron chi connectivity index (χ2n) is 11.2. The molecule has 2 aromatic carbocycles. The van der Waals surface area contributed by atoms with Gasteiger partial charge in [-0.05, 0) is 93.8 Å². The van der Waals surface area contributed by atoms with E-state index < -0.39 is 5.97 Å². The molecule has 5 rings (SSSR count). The number of hydrogen-bond donors (Lipinski definition) is 1. The maximum absolute atomic E-state index is 13.8. The van der Waals surface area contributed by atoms with Gasteiger partial charge in [-0.25, -0.2) is 4.79 Å². The lowest BCUT2D eigenvalue weighted by Gasteiger charge is -2.34. The van der Waals surface area contributed by atoms with Gasteiger partial charge in [-0.2, -0.15) is 0 Å². The van der Waals surface area contributed by atoms with Gasteiger partial charge in [0.05, 0.1) is 17.9 Å². The first-order chi connectivity index (χ1) is 18.8. The summed E-state index contributed by atoms with van der Waals surface area (Å²) in [6.07, 6.45) is 8.76. The summed E-state index contributed by atoms with van der Waals surface area (Å²) in [5.41, 5.74) is 2.71. The molecule has 1 aliphatic rings. The molecule has 0 unspecified atom stereocenters. The number of rotatable bonds is 10. The smallest absolute Gasteiger partial charge is 0.337 e. The third-order valence-corrected chi connectivity index (χ3v) is 7.90. The molecule has 1 amide bonds. The Morgan fingerprint density at radius 2 is 1.77 bits per heavy atom. The highest BCUT2D eigenvalue weighted by Crippen LogP contribution is 2.38. The van der Waals surface area contributed by atoms with E-state index in [1.807, 2.05) is 62.6 Å². The maximum atomic E-state index is 13.8.